The summed E-state index contributed by atoms with van der Waals surface area (Å²) in [6, 6.07) is 7.53. The van der Waals surface area contributed by atoms with Crippen molar-refractivity contribution in [3.63, 3.8) is 0 Å². The van der Waals surface area contributed by atoms with Crippen LogP contribution in [0.4, 0.5) is 0 Å². The fourth-order valence-corrected chi connectivity index (χ4v) is 2.12. The summed E-state index contributed by atoms with van der Waals surface area (Å²) in [7, 11) is 1.64. The SMILES string of the molecule is CCNC(=NCc1nc(C)c(C)o1)NCCOc1cccc(OC)c1. The molecule has 2 N–H and O–H groups in total. The second-order valence-electron chi connectivity index (χ2n) is 5.40. The van der Waals surface area contributed by atoms with E-state index in [-0.39, 0.29) is 0 Å². The van der Waals surface area contributed by atoms with E-state index in [0.29, 0.717) is 31.5 Å². The molecular weight excluding hydrogens is 320 g/mol. The summed E-state index contributed by atoms with van der Waals surface area (Å²) in [4.78, 5) is 8.80. The number of guanidine groups is 1. The Morgan fingerprint density at radius 2 is 2.04 bits per heavy atom. The number of rotatable bonds is 8. The van der Waals surface area contributed by atoms with Crippen LogP contribution in [-0.4, -0.2) is 37.7 Å². The van der Waals surface area contributed by atoms with E-state index in [1.165, 1.54) is 0 Å². The predicted octanol–water partition coefficient (Wildman–Crippen LogP) is 2.43. The number of aliphatic imine (C=N–C) groups is 1. The lowest BCUT2D eigenvalue weighted by Gasteiger charge is -2.12. The Balaban J connectivity index is 1.81. The molecule has 0 atom stereocenters. The zero-order valence-corrected chi connectivity index (χ0v) is 15.3. The zero-order valence-electron chi connectivity index (χ0n) is 15.3. The van der Waals surface area contributed by atoms with Crippen molar-refractivity contribution in [1.29, 1.82) is 0 Å². The Labute approximate surface area is 148 Å². The van der Waals surface area contributed by atoms with E-state index in [1.54, 1.807) is 7.11 Å². The first-order valence-corrected chi connectivity index (χ1v) is 8.34. The van der Waals surface area contributed by atoms with Crippen molar-refractivity contribution in [1.82, 2.24) is 15.6 Å². The van der Waals surface area contributed by atoms with Gasteiger partial charge in [0.05, 0.1) is 19.3 Å². The largest absolute Gasteiger partial charge is 0.497 e. The van der Waals surface area contributed by atoms with Crippen LogP contribution in [-0.2, 0) is 6.54 Å². The van der Waals surface area contributed by atoms with Gasteiger partial charge in [0.25, 0.3) is 0 Å². The number of nitrogens with one attached hydrogen (secondary N) is 2. The van der Waals surface area contributed by atoms with Crippen molar-refractivity contribution < 1.29 is 13.9 Å². The van der Waals surface area contributed by atoms with Crippen molar-refractivity contribution in [3.8, 4) is 11.5 Å². The molecule has 0 fully saturated rings. The standard InChI is InChI=1S/C18H26N4O3/c1-5-19-18(21-12-17-22-13(2)14(3)25-17)20-9-10-24-16-8-6-7-15(11-16)23-4/h6-8,11H,5,9-10,12H2,1-4H3,(H2,19,20,21). The Bertz CT molecular complexity index is 678. The fraction of sp³-hybridized carbons (Fsp3) is 0.444. The lowest BCUT2D eigenvalue weighted by atomic mass is 10.3. The molecule has 0 aliphatic heterocycles. The van der Waals surface area contributed by atoms with Crippen LogP contribution < -0.4 is 20.1 Å². The van der Waals surface area contributed by atoms with E-state index in [1.807, 2.05) is 45.0 Å². The normalized spacial score (nSPS) is 11.3. The molecule has 1 aromatic heterocycles. The summed E-state index contributed by atoms with van der Waals surface area (Å²) in [6.45, 7) is 8.12. The van der Waals surface area contributed by atoms with E-state index in [0.717, 1.165) is 29.5 Å². The van der Waals surface area contributed by atoms with Crippen LogP contribution in [0.5, 0.6) is 11.5 Å². The average molecular weight is 346 g/mol. The van der Waals surface area contributed by atoms with Crippen LogP contribution in [0.15, 0.2) is 33.7 Å². The molecule has 0 radical (unpaired) electrons. The number of aryl methyl sites for hydroxylation is 2. The number of aromatic nitrogens is 1. The number of methoxy groups -OCH3 is 1. The molecule has 0 saturated carbocycles. The van der Waals surface area contributed by atoms with Crippen molar-refractivity contribution in [3.05, 3.63) is 41.6 Å². The van der Waals surface area contributed by atoms with Crippen LogP contribution in [0.3, 0.4) is 0 Å². The summed E-state index contributed by atoms with van der Waals surface area (Å²) < 4.78 is 16.4. The molecule has 1 heterocycles. The van der Waals surface area contributed by atoms with E-state index in [2.05, 4.69) is 20.6 Å². The third-order valence-electron chi connectivity index (χ3n) is 3.49. The van der Waals surface area contributed by atoms with Crippen molar-refractivity contribution in [2.24, 2.45) is 4.99 Å². The first kappa shape index (κ1) is 18.6. The van der Waals surface area contributed by atoms with E-state index < -0.39 is 0 Å². The van der Waals surface area contributed by atoms with E-state index in [9.17, 15) is 0 Å². The molecule has 136 valence electrons. The van der Waals surface area contributed by atoms with Crippen molar-refractivity contribution in [2.45, 2.75) is 27.3 Å². The highest BCUT2D eigenvalue weighted by Gasteiger charge is 2.05. The highest BCUT2D eigenvalue weighted by molar-refractivity contribution is 5.79. The van der Waals surface area contributed by atoms with E-state index >= 15 is 0 Å². The second-order valence-corrected chi connectivity index (χ2v) is 5.40. The summed E-state index contributed by atoms with van der Waals surface area (Å²) in [5.41, 5.74) is 0.898. The number of hydrogen-bond donors (Lipinski definition) is 2. The second kappa shape index (κ2) is 9.56. The van der Waals surface area contributed by atoms with Gasteiger partial charge < -0.3 is 24.5 Å². The zero-order chi connectivity index (χ0) is 18.1. The van der Waals surface area contributed by atoms with E-state index in [4.69, 9.17) is 13.9 Å². The fourth-order valence-electron chi connectivity index (χ4n) is 2.12. The van der Waals surface area contributed by atoms with Crippen molar-refractivity contribution in [2.75, 3.05) is 26.8 Å². The maximum absolute atomic E-state index is 5.70. The Morgan fingerprint density at radius 1 is 1.24 bits per heavy atom. The van der Waals surface area contributed by atoms with Crippen molar-refractivity contribution >= 4 is 5.96 Å². The highest BCUT2D eigenvalue weighted by Crippen LogP contribution is 2.18. The molecule has 0 aliphatic rings. The van der Waals surface area contributed by atoms with Crippen LogP contribution in [0.1, 0.15) is 24.3 Å². The molecule has 7 heteroatoms. The van der Waals surface area contributed by atoms with Gasteiger partial charge in [-0.25, -0.2) is 9.98 Å². The van der Waals surface area contributed by atoms with Gasteiger partial charge in [-0.2, -0.15) is 0 Å². The Morgan fingerprint density at radius 3 is 2.72 bits per heavy atom. The molecule has 1 aromatic carbocycles. The van der Waals surface area contributed by atoms with Gasteiger partial charge in [-0.05, 0) is 32.9 Å². The maximum Gasteiger partial charge on any atom is 0.216 e. The van der Waals surface area contributed by atoms with Gasteiger partial charge in [-0.3, -0.25) is 0 Å². The quantitative estimate of drug-likeness (QED) is 0.434. The third kappa shape index (κ3) is 6.02. The molecule has 2 aromatic rings. The molecule has 0 aliphatic carbocycles. The van der Waals surface area contributed by atoms with Crippen LogP contribution in [0.25, 0.3) is 0 Å². The number of hydrogen-bond acceptors (Lipinski definition) is 5. The molecule has 0 amide bonds. The first-order chi connectivity index (χ1) is 12.1. The molecule has 0 unspecified atom stereocenters. The van der Waals surface area contributed by atoms with Gasteiger partial charge >= 0.3 is 0 Å². The number of oxazole rings is 1. The van der Waals surface area contributed by atoms with Gasteiger partial charge in [-0.15, -0.1) is 0 Å². The molecule has 2 rings (SSSR count). The third-order valence-corrected chi connectivity index (χ3v) is 3.49. The molecule has 25 heavy (non-hydrogen) atoms. The molecule has 0 saturated heterocycles. The van der Waals surface area contributed by atoms with Crippen LogP contribution >= 0.6 is 0 Å². The topological polar surface area (TPSA) is 80.9 Å². The van der Waals surface area contributed by atoms with Gasteiger partial charge in [0.2, 0.25) is 5.89 Å². The first-order valence-electron chi connectivity index (χ1n) is 8.34. The lowest BCUT2D eigenvalue weighted by molar-refractivity contribution is 0.319. The lowest BCUT2D eigenvalue weighted by Crippen LogP contribution is -2.39. The summed E-state index contributed by atoms with van der Waals surface area (Å²) >= 11 is 0. The van der Waals surface area contributed by atoms with Crippen LogP contribution in [0.2, 0.25) is 0 Å². The predicted molar refractivity (Wildman–Crippen MR) is 97.3 cm³/mol. The average Bonchev–Trinajstić information content (AvgIpc) is 2.94. The minimum Gasteiger partial charge on any atom is -0.497 e. The summed E-state index contributed by atoms with van der Waals surface area (Å²) in [6.07, 6.45) is 0. The van der Waals surface area contributed by atoms with Gasteiger partial charge in [0.15, 0.2) is 5.96 Å². The minimum absolute atomic E-state index is 0.390. The molecule has 0 bridgehead atoms. The van der Waals surface area contributed by atoms with Crippen LogP contribution in [0, 0.1) is 13.8 Å². The summed E-state index contributed by atoms with van der Waals surface area (Å²) in [5.74, 6) is 3.69. The number of benzene rings is 1. The molecule has 7 nitrogen and oxygen atoms in total. The molecule has 0 spiro atoms. The van der Waals surface area contributed by atoms with Gasteiger partial charge in [0.1, 0.15) is 30.4 Å². The highest BCUT2D eigenvalue weighted by atomic mass is 16.5. The smallest absolute Gasteiger partial charge is 0.216 e. The Hall–Kier alpha value is -2.70. The Kier molecular flexibility index (Phi) is 7.13. The monoisotopic (exact) mass is 346 g/mol. The molecular formula is C18H26N4O3. The number of nitrogens with zero attached hydrogens (tertiary/aromatic N) is 2. The van der Waals surface area contributed by atoms with Gasteiger partial charge in [-0.1, -0.05) is 6.07 Å². The van der Waals surface area contributed by atoms with Gasteiger partial charge in [0, 0.05) is 12.6 Å². The number of ether oxygens (including phenoxy) is 2. The summed E-state index contributed by atoms with van der Waals surface area (Å²) in [5, 5.41) is 6.41. The minimum atomic E-state index is 0.390. The maximum atomic E-state index is 5.70.